The zero-order valence-corrected chi connectivity index (χ0v) is 18.4. The van der Waals surface area contributed by atoms with E-state index < -0.39 is 12.1 Å². The SMILES string of the molecule is Cc1cncc(OCCC2CCOC3(C2)CN(c2nnc(C)s2)C3)n1.O=C(O)C(F)(F)F. The zero-order valence-electron chi connectivity index (χ0n) is 17.6. The van der Waals surface area contributed by atoms with Crippen LogP contribution in [0.2, 0.25) is 0 Å². The van der Waals surface area contributed by atoms with Gasteiger partial charge in [0.15, 0.2) is 0 Å². The quantitative estimate of drug-likeness (QED) is 0.698. The molecule has 1 unspecified atom stereocenters. The van der Waals surface area contributed by atoms with E-state index >= 15 is 0 Å². The lowest BCUT2D eigenvalue weighted by Crippen LogP contribution is -2.65. The average Bonchev–Trinajstić information content (AvgIpc) is 3.12. The number of aryl methyl sites for hydroxylation is 2. The number of aromatic nitrogens is 4. The van der Waals surface area contributed by atoms with Crippen LogP contribution in [0.1, 0.15) is 30.0 Å². The number of hydrogen-bond donors (Lipinski definition) is 1. The summed E-state index contributed by atoms with van der Waals surface area (Å²) in [5.41, 5.74) is 0.870. The molecule has 1 N–H and O–H groups in total. The predicted octanol–water partition coefficient (Wildman–Crippen LogP) is 3.03. The average molecular weight is 475 g/mol. The standard InChI is InChI=1S/C17H23N5O2S.C2HF3O2/c1-12-8-18-9-15(19-12)23-5-3-14-4-6-24-17(7-14)10-22(11-17)16-21-20-13(2)25-16;3-2(4,5)1(6)7/h8-9,14H,3-7,10-11H2,1-2H3;(H,6,7). The van der Waals surface area contributed by atoms with Gasteiger partial charge in [-0.25, -0.2) is 9.78 Å². The Morgan fingerprint density at radius 1 is 1.34 bits per heavy atom. The smallest absolute Gasteiger partial charge is 0.477 e. The third-order valence-electron chi connectivity index (χ3n) is 5.09. The summed E-state index contributed by atoms with van der Waals surface area (Å²) in [6.45, 7) is 7.26. The van der Waals surface area contributed by atoms with E-state index in [-0.39, 0.29) is 5.60 Å². The third kappa shape index (κ3) is 6.48. The molecule has 176 valence electrons. The van der Waals surface area contributed by atoms with Crippen molar-refractivity contribution in [2.75, 3.05) is 31.2 Å². The lowest BCUT2D eigenvalue weighted by Gasteiger charge is -2.53. The van der Waals surface area contributed by atoms with Crippen molar-refractivity contribution in [2.24, 2.45) is 5.92 Å². The number of carboxylic acids is 1. The van der Waals surface area contributed by atoms with Gasteiger partial charge in [-0.2, -0.15) is 13.2 Å². The molecular formula is C19H24F3N5O4S. The number of carboxylic acid groups (broad SMARTS) is 1. The number of anilines is 1. The van der Waals surface area contributed by atoms with Crippen LogP contribution in [0.15, 0.2) is 12.4 Å². The molecule has 2 saturated heterocycles. The summed E-state index contributed by atoms with van der Waals surface area (Å²) < 4.78 is 43.6. The van der Waals surface area contributed by atoms with Crippen molar-refractivity contribution < 1.29 is 32.5 Å². The number of ether oxygens (including phenoxy) is 2. The van der Waals surface area contributed by atoms with E-state index in [1.54, 1.807) is 23.7 Å². The van der Waals surface area contributed by atoms with Crippen LogP contribution in [0.4, 0.5) is 18.3 Å². The molecule has 0 saturated carbocycles. The van der Waals surface area contributed by atoms with E-state index in [9.17, 15) is 13.2 Å². The Morgan fingerprint density at radius 3 is 2.66 bits per heavy atom. The second-order valence-electron chi connectivity index (χ2n) is 7.79. The molecule has 0 radical (unpaired) electrons. The molecule has 0 aromatic carbocycles. The van der Waals surface area contributed by atoms with Crippen molar-refractivity contribution >= 4 is 22.4 Å². The summed E-state index contributed by atoms with van der Waals surface area (Å²) >= 11 is 1.65. The summed E-state index contributed by atoms with van der Waals surface area (Å²) in [6, 6.07) is 0. The van der Waals surface area contributed by atoms with Crippen LogP contribution in [0.5, 0.6) is 5.88 Å². The maximum absolute atomic E-state index is 10.6. The van der Waals surface area contributed by atoms with Gasteiger partial charge in [-0.15, -0.1) is 10.2 Å². The lowest BCUT2D eigenvalue weighted by molar-refractivity contribution is -0.192. The summed E-state index contributed by atoms with van der Waals surface area (Å²) in [5.74, 6) is -1.51. The van der Waals surface area contributed by atoms with Crippen molar-refractivity contribution in [2.45, 2.75) is 44.9 Å². The minimum Gasteiger partial charge on any atom is -0.477 e. The van der Waals surface area contributed by atoms with Crippen LogP contribution in [0, 0.1) is 19.8 Å². The number of halogens is 3. The number of alkyl halides is 3. The molecule has 4 rings (SSSR count). The Kier molecular flexibility index (Phi) is 7.49. The highest BCUT2D eigenvalue weighted by molar-refractivity contribution is 7.15. The van der Waals surface area contributed by atoms with E-state index in [0.717, 1.165) is 54.8 Å². The predicted molar refractivity (Wildman–Crippen MR) is 109 cm³/mol. The fourth-order valence-electron chi connectivity index (χ4n) is 3.63. The van der Waals surface area contributed by atoms with Gasteiger partial charge in [-0.1, -0.05) is 11.3 Å². The van der Waals surface area contributed by atoms with E-state index in [0.29, 0.717) is 18.4 Å². The van der Waals surface area contributed by atoms with Gasteiger partial charge in [0.25, 0.3) is 0 Å². The van der Waals surface area contributed by atoms with Crippen LogP contribution >= 0.6 is 11.3 Å². The number of aliphatic carboxylic acids is 1. The van der Waals surface area contributed by atoms with Crippen molar-refractivity contribution in [3.8, 4) is 5.88 Å². The van der Waals surface area contributed by atoms with Gasteiger partial charge >= 0.3 is 12.1 Å². The van der Waals surface area contributed by atoms with Crippen molar-refractivity contribution in [1.82, 2.24) is 20.2 Å². The third-order valence-corrected chi connectivity index (χ3v) is 5.99. The second-order valence-corrected chi connectivity index (χ2v) is 8.95. The Labute approximate surface area is 186 Å². The number of rotatable bonds is 5. The fourth-order valence-corrected chi connectivity index (χ4v) is 4.32. The van der Waals surface area contributed by atoms with E-state index in [1.807, 2.05) is 13.8 Å². The van der Waals surface area contributed by atoms with Gasteiger partial charge < -0.3 is 19.5 Å². The molecule has 1 spiro atoms. The molecule has 4 heterocycles. The summed E-state index contributed by atoms with van der Waals surface area (Å²) in [6.07, 6.45) is 1.54. The molecule has 9 nitrogen and oxygen atoms in total. The highest BCUT2D eigenvalue weighted by atomic mass is 32.1. The number of carbonyl (C=O) groups is 1. The highest BCUT2D eigenvalue weighted by Gasteiger charge is 2.48. The minimum absolute atomic E-state index is 0.00830. The highest BCUT2D eigenvalue weighted by Crippen LogP contribution is 2.40. The van der Waals surface area contributed by atoms with E-state index in [4.69, 9.17) is 19.4 Å². The molecule has 1 atom stereocenters. The monoisotopic (exact) mass is 475 g/mol. The summed E-state index contributed by atoms with van der Waals surface area (Å²) in [4.78, 5) is 19.6. The number of nitrogens with zero attached hydrogens (tertiary/aromatic N) is 5. The van der Waals surface area contributed by atoms with Crippen molar-refractivity contribution in [1.29, 1.82) is 0 Å². The molecular weight excluding hydrogens is 451 g/mol. The second kappa shape index (κ2) is 9.94. The molecule has 13 heteroatoms. The van der Waals surface area contributed by atoms with E-state index in [1.165, 1.54) is 0 Å². The first kappa shape index (κ1) is 24.1. The van der Waals surface area contributed by atoms with Crippen LogP contribution in [-0.4, -0.2) is 69.3 Å². The molecule has 2 aromatic heterocycles. The molecule has 0 bridgehead atoms. The van der Waals surface area contributed by atoms with Crippen LogP contribution in [0.25, 0.3) is 0 Å². The first-order chi connectivity index (χ1) is 15.1. The molecule has 2 aliphatic heterocycles. The van der Waals surface area contributed by atoms with Gasteiger partial charge in [0.05, 0.1) is 31.6 Å². The molecule has 32 heavy (non-hydrogen) atoms. The molecule has 2 aliphatic rings. The fraction of sp³-hybridized carbons (Fsp3) is 0.632. The van der Waals surface area contributed by atoms with Crippen molar-refractivity contribution in [3.63, 3.8) is 0 Å². The Hall–Kier alpha value is -2.54. The topological polar surface area (TPSA) is 111 Å². The van der Waals surface area contributed by atoms with Gasteiger partial charge in [-0.3, -0.25) is 4.98 Å². The molecule has 0 aliphatic carbocycles. The largest absolute Gasteiger partial charge is 0.490 e. The molecule has 2 aromatic rings. The zero-order chi connectivity index (χ0) is 23.4. The lowest BCUT2D eigenvalue weighted by atomic mass is 9.79. The van der Waals surface area contributed by atoms with Crippen LogP contribution in [-0.2, 0) is 9.53 Å². The van der Waals surface area contributed by atoms with E-state index in [2.05, 4.69) is 25.1 Å². The van der Waals surface area contributed by atoms with Crippen LogP contribution < -0.4 is 9.64 Å². The molecule has 0 amide bonds. The van der Waals surface area contributed by atoms with Crippen LogP contribution in [0.3, 0.4) is 0 Å². The maximum atomic E-state index is 10.6. The van der Waals surface area contributed by atoms with Crippen molar-refractivity contribution in [3.05, 3.63) is 23.1 Å². The van der Waals surface area contributed by atoms with Gasteiger partial charge in [0.2, 0.25) is 11.0 Å². The van der Waals surface area contributed by atoms with Gasteiger partial charge in [0.1, 0.15) is 10.6 Å². The number of hydrogen-bond acceptors (Lipinski definition) is 9. The van der Waals surface area contributed by atoms with Gasteiger partial charge in [0, 0.05) is 12.8 Å². The Morgan fingerprint density at radius 2 is 2.06 bits per heavy atom. The first-order valence-electron chi connectivity index (χ1n) is 9.97. The summed E-state index contributed by atoms with van der Waals surface area (Å²) in [5, 5.41) is 17.5. The maximum Gasteiger partial charge on any atom is 0.490 e. The summed E-state index contributed by atoms with van der Waals surface area (Å²) in [7, 11) is 0. The normalized spacial score (nSPS) is 19.7. The van der Waals surface area contributed by atoms with Gasteiger partial charge in [-0.05, 0) is 39.0 Å². The minimum atomic E-state index is -5.08. The molecule has 2 fully saturated rings. The Balaban J connectivity index is 0.000000360. The Bertz CT molecular complexity index is 920. The first-order valence-corrected chi connectivity index (χ1v) is 10.8.